The predicted molar refractivity (Wildman–Crippen MR) is 94.9 cm³/mol. The minimum absolute atomic E-state index is 0.0562. The van der Waals surface area contributed by atoms with Gasteiger partial charge in [-0.1, -0.05) is 24.3 Å². The monoisotopic (exact) mass is 419 g/mol. The van der Waals surface area contributed by atoms with Crippen molar-refractivity contribution in [1.29, 1.82) is 0 Å². The molecule has 2 rings (SSSR count). The van der Waals surface area contributed by atoms with Gasteiger partial charge in [-0.3, -0.25) is 0 Å². The first-order valence-electron chi connectivity index (χ1n) is 7.92. The van der Waals surface area contributed by atoms with Gasteiger partial charge in [-0.15, -0.1) is 13.2 Å². The number of nitrogens with zero attached hydrogens (tertiary/aromatic N) is 1. The highest BCUT2D eigenvalue weighted by Crippen LogP contribution is 2.22. The Hall–Kier alpha value is -2.82. The van der Waals surface area contributed by atoms with Gasteiger partial charge in [0.2, 0.25) is 0 Å². The second kappa shape index (κ2) is 8.91. The summed E-state index contributed by atoms with van der Waals surface area (Å²) in [4.78, 5) is 3.56. The van der Waals surface area contributed by atoms with E-state index in [1.807, 2.05) is 0 Å². The van der Waals surface area contributed by atoms with E-state index in [-0.39, 0.29) is 24.8 Å². The fraction of sp³-hybridized carbons (Fsp3) is 0.235. The molecule has 28 heavy (non-hydrogen) atoms. The summed E-state index contributed by atoms with van der Waals surface area (Å²) in [5.41, 5.74) is 6.20. The number of sulfone groups is 1. The van der Waals surface area contributed by atoms with E-state index in [0.29, 0.717) is 5.56 Å². The first-order valence-corrected chi connectivity index (χ1v) is 9.58. The second-order valence-corrected chi connectivity index (χ2v) is 7.65. The lowest BCUT2D eigenvalue weighted by molar-refractivity contribution is -0.274. The molecule has 11 heteroatoms. The maximum Gasteiger partial charge on any atom is 0.573 e. The number of hydrogen-bond acceptors (Lipinski definition) is 4. The van der Waals surface area contributed by atoms with E-state index in [9.17, 15) is 26.0 Å². The SMILES string of the molecule is NC(=NCc1ccc(OC(F)(F)F)cc1)NCCS(=O)(=O)c1ccccc1F. The van der Waals surface area contributed by atoms with Crippen LogP contribution in [0.2, 0.25) is 0 Å². The van der Waals surface area contributed by atoms with Crippen LogP contribution >= 0.6 is 0 Å². The van der Waals surface area contributed by atoms with Gasteiger partial charge in [0.25, 0.3) is 0 Å². The quantitative estimate of drug-likeness (QED) is 0.409. The lowest BCUT2D eigenvalue weighted by Gasteiger charge is -2.09. The molecule has 0 aliphatic carbocycles. The number of rotatable bonds is 7. The van der Waals surface area contributed by atoms with Crippen LogP contribution in [0.1, 0.15) is 5.56 Å². The average Bonchev–Trinajstić information content (AvgIpc) is 2.60. The highest BCUT2D eigenvalue weighted by molar-refractivity contribution is 7.91. The van der Waals surface area contributed by atoms with Crippen LogP contribution in [-0.2, 0) is 16.4 Å². The Kier molecular flexibility index (Phi) is 6.84. The van der Waals surface area contributed by atoms with Crippen LogP contribution in [0, 0.1) is 5.82 Å². The molecule has 0 atom stereocenters. The fourth-order valence-electron chi connectivity index (χ4n) is 2.15. The molecule has 0 fully saturated rings. The van der Waals surface area contributed by atoms with E-state index in [2.05, 4.69) is 15.0 Å². The molecule has 0 unspecified atom stereocenters. The summed E-state index contributed by atoms with van der Waals surface area (Å²) < 4.78 is 77.8. The Morgan fingerprint density at radius 1 is 1.11 bits per heavy atom. The summed E-state index contributed by atoms with van der Waals surface area (Å²) in [7, 11) is -3.83. The zero-order chi connectivity index (χ0) is 20.8. The van der Waals surface area contributed by atoms with Gasteiger partial charge in [-0.05, 0) is 29.8 Å². The average molecular weight is 419 g/mol. The van der Waals surface area contributed by atoms with Crippen molar-refractivity contribution in [1.82, 2.24) is 5.32 Å². The third-order valence-corrected chi connectivity index (χ3v) is 5.18. The molecule has 0 aromatic heterocycles. The molecule has 0 aliphatic heterocycles. The van der Waals surface area contributed by atoms with Crippen molar-refractivity contribution < 1.29 is 30.7 Å². The molecule has 152 valence electrons. The fourth-order valence-corrected chi connectivity index (χ4v) is 3.39. The standard InChI is InChI=1S/C17H17F4N3O3S/c18-14-3-1-2-4-15(14)28(25,26)10-9-23-16(22)24-11-12-5-7-13(8-6-12)27-17(19,20)21/h1-8H,9-11H2,(H3,22,23,24). The largest absolute Gasteiger partial charge is 0.573 e. The molecule has 6 nitrogen and oxygen atoms in total. The number of guanidine groups is 1. The van der Waals surface area contributed by atoms with Gasteiger partial charge in [0.05, 0.1) is 12.3 Å². The topological polar surface area (TPSA) is 93.8 Å². The van der Waals surface area contributed by atoms with Crippen LogP contribution in [0.4, 0.5) is 17.6 Å². The Labute approximate surface area is 158 Å². The summed E-state index contributed by atoms with van der Waals surface area (Å²) in [6.45, 7) is -0.0322. The molecule has 2 aromatic rings. The molecule has 0 saturated heterocycles. The summed E-state index contributed by atoms with van der Waals surface area (Å²) in [5, 5.41) is 2.59. The number of aliphatic imine (C=N–C) groups is 1. The van der Waals surface area contributed by atoms with Crippen LogP contribution in [0.15, 0.2) is 58.4 Å². The maximum atomic E-state index is 13.6. The Morgan fingerprint density at radius 2 is 1.75 bits per heavy atom. The third kappa shape index (κ3) is 6.72. The van der Waals surface area contributed by atoms with E-state index < -0.39 is 32.7 Å². The van der Waals surface area contributed by atoms with Crippen LogP contribution in [0.5, 0.6) is 5.75 Å². The highest BCUT2D eigenvalue weighted by Gasteiger charge is 2.30. The van der Waals surface area contributed by atoms with Crippen molar-refractivity contribution in [3.63, 3.8) is 0 Å². The van der Waals surface area contributed by atoms with Crippen LogP contribution in [0.25, 0.3) is 0 Å². The Morgan fingerprint density at radius 3 is 2.36 bits per heavy atom. The van der Waals surface area contributed by atoms with E-state index >= 15 is 0 Å². The van der Waals surface area contributed by atoms with Crippen LogP contribution in [-0.4, -0.2) is 33.0 Å². The predicted octanol–water partition coefficient (Wildman–Crippen LogP) is 2.60. The molecule has 0 saturated carbocycles. The number of halogens is 4. The van der Waals surface area contributed by atoms with Gasteiger partial charge in [-0.2, -0.15) is 0 Å². The number of nitrogens with one attached hydrogen (secondary N) is 1. The zero-order valence-corrected chi connectivity index (χ0v) is 15.2. The number of benzene rings is 2. The van der Waals surface area contributed by atoms with E-state index in [1.165, 1.54) is 30.3 Å². The summed E-state index contributed by atoms with van der Waals surface area (Å²) in [5.74, 6) is -1.64. The number of alkyl halides is 3. The molecule has 0 spiro atoms. The van der Waals surface area contributed by atoms with Gasteiger partial charge in [0, 0.05) is 6.54 Å². The molecular weight excluding hydrogens is 402 g/mol. The van der Waals surface area contributed by atoms with E-state index in [4.69, 9.17) is 5.73 Å². The molecule has 0 bridgehead atoms. The van der Waals surface area contributed by atoms with Gasteiger partial charge in [0.15, 0.2) is 15.8 Å². The van der Waals surface area contributed by atoms with Crippen molar-refractivity contribution in [2.24, 2.45) is 10.7 Å². The molecular formula is C17H17F4N3O3S. The van der Waals surface area contributed by atoms with Gasteiger partial charge in [-0.25, -0.2) is 17.8 Å². The third-order valence-electron chi connectivity index (χ3n) is 3.44. The van der Waals surface area contributed by atoms with Gasteiger partial charge < -0.3 is 15.8 Å². The molecule has 2 aromatic carbocycles. The lowest BCUT2D eigenvalue weighted by Crippen LogP contribution is -2.35. The van der Waals surface area contributed by atoms with E-state index in [1.54, 1.807) is 0 Å². The van der Waals surface area contributed by atoms with Crippen LogP contribution < -0.4 is 15.8 Å². The number of hydrogen-bond donors (Lipinski definition) is 2. The maximum absolute atomic E-state index is 13.6. The second-order valence-electron chi connectivity index (χ2n) is 5.57. The van der Waals surface area contributed by atoms with Crippen molar-refractivity contribution >= 4 is 15.8 Å². The smallest absolute Gasteiger partial charge is 0.406 e. The van der Waals surface area contributed by atoms with Gasteiger partial charge >= 0.3 is 6.36 Å². The molecule has 0 heterocycles. The number of ether oxygens (including phenoxy) is 1. The van der Waals surface area contributed by atoms with Crippen molar-refractivity contribution in [2.45, 2.75) is 17.8 Å². The van der Waals surface area contributed by atoms with Crippen molar-refractivity contribution in [3.8, 4) is 5.75 Å². The molecule has 0 amide bonds. The first kappa shape index (κ1) is 21.5. The minimum atomic E-state index is -4.77. The minimum Gasteiger partial charge on any atom is -0.406 e. The molecule has 3 N–H and O–H groups in total. The van der Waals surface area contributed by atoms with Crippen molar-refractivity contribution in [3.05, 3.63) is 59.9 Å². The van der Waals surface area contributed by atoms with Crippen molar-refractivity contribution in [2.75, 3.05) is 12.3 Å². The highest BCUT2D eigenvalue weighted by atomic mass is 32.2. The zero-order valence-electron chi connectivity index (χ0n) is 14.4. The summed E-state index contributed by atoms with van der Waals surface area (Å²) in [6.07, 6.45) is -4.77. The molecule has 0 aliphatic rings. The number of nitrogens with two attached hydrogens (primary N) is 1. The normalized spacial score (nSPS) is 12.6. The Bertz CT molecular complexity index is 929. The summed E-state index contributed by atoms with van der Waals surface area (Å²) >= 11 is 0. The Balaban J connectivity index is 1.85. The first-order chi connectivity index (χ1) is 13.1. The lowest BCUT2D eigenvalue weighted by atomic mass is 10.2. The molecule has 0 radical (unpaired) electrons. The summed E-state index contributed by atoms with van der Waals surface area (Å²) in [6, 6.07) is 10.1. The van der Waals surface area contributed by atoms with E-state index in [0.717, 1.165) is 18.2 Å². The van der Waals surface area contributed by atoms with Gasteiger partial charge in [0.1, 0.15) is 16.5 Å². The van der Waals surface area contributed by atoms with Crippen LogP contribution in [0.3, 0.4) is 0 Å².